The highest BCUT2D eigenvalue weighted by Gasteiger charge is 2.33. The molecule has 1 unspecified atom stereocenters. The van der Waals surface area contributed by atoms with Crippen molar-refractivity contribution in [2.24, 2.45) is 0 Å². The Morgan fingerprint density at radius 3 is 2.38 bits per heavy atom. The highest BCUT2D eigenvalue weighted by molar-refractivity contribution is 4.95. The Bertz CT molecular complexity index is 82.5. The molecule has 1 fully saturated rings. The highest BCUT2D eigenvalue weighted by Crippen LogP contribution is 2.21. The van der Waals surface area contributed by atoms with E-state index in [4.69, 9.17) is 5.11 Å². The SMILES string of the molecule is CC1(C)CC(CO)N1. The van der Waals surface area contributed by atoms with Crippen molar-refractivity contribution in [1.82, 2.24) is 5.32 Å². The first-order chi connectivity index (χ1) is 3.64. The van der Waals surface area contributed by atoms with Gasteiger partial charge in [-0.05, 0) is 20.3 Å². The van der Waals surface area contributed by atoms with Gasteiger partial charge in [0, 0.05) is 11.6 Å². The van der Waals surface area contributed by atoms with Crippen LogP contribution in [0.2, 0.25) is 0 Å². The van der Waals surface area contributed by atoms with Crippen molar-refractivity contribution >= 4 is 0 Å². The molecule has 0 saturated carbocycles. The smallest absolute Gasteiger partial charge is 0.0585 e. The van der Waals surface area contributed by atoms with Crippen molar-refractivity contribution in [3.05, 3.63) is 0 Å². The Morgan fingerprint density at radius 2 is 2.25 bits per heavy atom. The van der Waals surface area contributed by atoms with Gasteiger partial charge in [0.05, 0.1) is 6.61 Å². The standard InChI is InChI=1S/C6H13NO/c1-6(2)3-5(4-8)7-6/h5,7-8H,3-4H2,1-2H3. The molecule has 2 N–H and O–H groups in total. The van der Waals surface area contributed by atoms with Crippen molar-refractivity contribution in [2.45, 2.75) is 31.8 Å². The third-order valence-corrected chi connectivity index (χ3v) is 1.57. The lowest BCUT2D eigenvalue weighted by molar-refractivity contribution is 0.109. The van der Waals surface area contributed by atoms with Crippen molar-refractivity contribution < 1.29 is 5.11 Å². The summed E-state index contributed by atoms with van der Waals surface area (Å²) in [5.74, 6) is 0. The Morgan fingerprint density at radius 1 is 1.75 bits per heavy atom. The van der Waals surface area contributed by atoms with E-state index in [1.54, 1.807) is 0 Å². The Balaban J connectivity index is 2.21. The van der Waals surface area contributed by atoms with Gasteiger partial charge in [-0.25, -0.2) is 0 Å². The minimum atomic E-state index is 0.281. The summed E-state index contributed by atoms with van der Waals surface area (Å²) in [4.78, 5) is 0. The molecule has 0 radical (unpaired) electrons. The maximum Gasteiger partial charge on any atom is 0.0585 e. The second kappa shape index (κ2) is 1.71. The third kappa shape index (κ3) is 1.01. The van der Waals surface area contributed by atoms with Crippen LogP contribution < -0.4 is 5.32 Å². The van der Waals surface area contributed by atoms with Gasteiger partial charge >= 0.3 is 0 Å². The highest BCUT2D eigenvalue weighted by atomic mass is 16.3. The lowest BCUT2D eigenvalue weighted by Gasteiger charge is -2.43. The first kappa shape index (κ1) is 6.05. The number of aliphatic hydroxyl groups excluding tert-OH is 1. The van der Waals surface area contributed by atoms with E-state index >= 15 is 0 Å². The van der Waals surface area contributed by atoms with Crippen LogP contribution in [-0.4, -0.2) is 23.3 Å². The van der Waals surface area contributed by atoms with E-state index in [0.717, 1.165) is 6.42 Å². The van der Waals surface area contributed by atoms with Crippen LogP contribution in [-0.2, 0) is 0 Å². The van der Waals surface area contributed by atoms with Gasteiger partial charge in [0.2, 0.25) is 0 Å². The predicted molar refractivity (Wildman–Crippen MR) is 32.7 cm³/mol. The van der Waals surface area contributed by atoms with Gasteiger partial charge in [0.25, 0.3) is 0 Å². The van der Waals surface area contributed by atoms with Gasteiger partial charge in [-0.15, -0.1) is 0 Å². The lowest BCUT2D eigenvalue weighted by atomic mass is 9.86. The van der Waals surface area contributed by atoms with Crippen LogP contribution in [0.25, 0.3) is 0 Å². The van der Waals surface area contributed by atoms with Gasteiger partial charge < -0.3 is 10.4 Å². The molecule has 1 atom stereocenters. The number of aliphatic hydroxyl groups is 1. The molecule has 0 aromatic rings. The van der Waals surface area contributed by atoms with E-state index in [-0.39, 0.29) is 12.1 Å². The van der Waals surface area contributed by atoms with E-state index in [9.17, 15) is 0 Å². The zero-order valence-corrected chi connectivity index (χ0v) is 5.44. The predicted octanol–water partition coefficient (Wildman–Crippen LogP) is 0.119. The molecule has 1 heterocycles. The summed E-state index contributed by atoms with van der Waals surface area (Å²) in [6.07, 6.45) is 1.10. The van der Waals surface area contributed by atoms with Crippen LogP contribution in [0.5, 0.6) is 0 Å². The van der Waals surface area contributed by atoms with Gasteiger partial charge in [0.1, 0.15) is 0 Å². The van der Waals surface area contributed by atoms with Crippen molar-refractivity contribution in [1.29, 1.82) is 0 Å². The van der Waals surface area contributed by atoms with Crippen LogP contribution in [0, 0.1) is 0 Å². The van der Waals surface area contributed by atoms with E-state index in [0.29, 0.717) is 6.04 Å². The molecule has 8 heavy (non-hydrogen) atoms. The zero-order valence-electron chi connectivity index (χ0n) is 5.44. The molecule has 1 aliphatic heterocycles. The van der Waals surface area contributed by atoms with E-state index in [1.165, 1.54) is 0 Å². The topological polar surface area (TPSA) is 32.3 Å². The number of rotatable bonds is 1. The molecule has 1 saturated heterocycles. The maximum absolute atomic E-state index is 8.56. The van der Waals surface area contributed by atoms with E-state index in [1.807, 2.05) is 0 Å². The lowest BCUT2D eigenvalue weighted by Crippen LogP contribution is -2.61. The third-order valence-electron chi connectivity index (χ3n) is 1.57. The molecule has 0 aromatic heterocycles. The monoisotopic (exact) mass is 115 g/mol. The fourth-order valence-electron chi connectivity index (χ4n) is 1.26. The molecule has 2 nitrogen and oxygen atoms in total. The minimum Gasteiger partial charge on any atom is -0.395 e. The summed E-state index contributed by atoms with van der Waals surface area (Å²) >= 11 is 0. The average molecular weight is 115 g/mol. The molecule has 1 rings (SSSR count). The first-order valence-electron chi connectivity index (χ1n) is 3.02. The number of nitrogens with one attached hydrogen (secondary N) is 1. The molecule has 1 aliphatic rings. The van der Waals surface area contributed by atoms with Crippen LogP contribution >= 0.6 is 0 Å². The quantitative estimate of drug-likeness (QED) is 0.508. The number of hydrogen-bond acceptors (Lipinski definition) is 2. The normalized spacial score (nSPS) is 34.1. The fraction of sp³-hybridized carbons (Fsp3) is 1.00. The van der Waals surface area contributed by atoms with Crippen LogP contribution in [0.1, 0.15) is 20.3 Å². The molecule has 48 valence electrons. The van der Waals surface area contributed by atoms with E-state index in [2.05, 4.69) is 19.2 Å². The van der Waals surface area contributed by atoms with Crippen LogP contribution in [0.15, 0.2) is 0 Å². The second-order valence-corrected chi connectivity index (χ2v) is 3.11. The molecular weight excluding hydrogens is 102 g/mol. The molecule has 2 heteroatoms. The van der Waals surface area contributed by atoms with Crippen LogP contribution in [0.4, 0.5) is 0 Å². The van der Waals surface area contributed by atoms with Crippen LogP contribution in [0.3, 0.4) is 0 Å². The Labute approximate surface area is 49.9 Å². The molecule has 0 aliphatic carbocycles. The fourth-order valence-corrected chi connectivity index (χ4v) is 1.26. The molecule has 0 aromatic carbocycles. The van der Waals surface area contributed by atoms with Crippen molar-refractivity contribution in [2.75, 3.05) is 6.61 Å². The Hall–Kier alpha value is -0.0800. The summed E-state index contributed by atoms with van der Waals surface area (Å²) in [6, 6.07) is 0.366. The molecular formula is C6H13NO. The average Bonchev–Trinajstić information content (AvgIpc) is 1.60. The molecule has 0 spiro atoms. The van der Waals surface area contributed by atoms with Crippen molar-refractivity contribution in [3.8, 4) is 0 Å². The van der Waals surface area contributed by atoms with E-state index < -0.39 is 0 Å². The minimum absolute atomic E-state index is 0.281. The van der Waals surface area contributed by atoms with Gasteiger partial charge in [-0.2, -0.15) is 0 Å². The maximum atomic E-state index is 8.56. The van der Waals surface area contributed by atoms with Gasteiger partial charge in [-0.3, -0.25) is 0 Å². The summed E-state index contributed by atoms with van der Waals surface area (Å²) in [6.45, 7) is 4.56. The second-order valence-electron chi connectivity index (χ2n) is 3.11. The first-order valence-corrected chi connectivity index (χ1v) is 3.02. The molecule has 0 bridgehead atoms. The summed E-state index contributed by atoms with van der Waals surface area (Å²) in [7, 11) is 0. The summed E-state index contributed by atoms with van der Waals surface area (Å²) in [5.41, 5.74) is 0.285. The Kier molecular flexibility index (Phi) is 1.29. The summed E-state index contributed by atoms with van der Waals surface area (Å²) in [5, 5.41) is 11.8. The zero-order chi connectivity index (χ0) is 6.20. The summed E-state index contributed by atoms with van der Waals surface area (Å²) < 4.78 is 0. The molecule has 0 amide bonds. The largest absolute Gasteiger partial charge is 0.395 e. The van der Waals surface area contributed by atoms with Gasteiger partial charge in [-0.1, -0.05) is 0 Å². The van der Waals surface area contributed by atoms with Gasteiger partial charge in [0.15, 0.2) is 0 Å². The van der Waals surface area contributed by atoms with Crippen molar-refractivity contribution in [3.63, 3.8) is 0 Å². The number of hydrogen-bond donors (Lipinski definition) is 2.